The minimum atomic E-state index is -1.25. The van der Waals surface area contributed by atoms with Gasteiger partial charge in [0.1, 0.15) is 5.60 Å². The van der Waals surface area contributed by atoms with Crippen LogP contribution in [-0.4, -0.2) is 69.2 Å². The van der Waals surface area contributed by atoms with E-state index in [1.54, 1.807) is 12.4 Å². The molecule has 36 heavy (non-hydrogen) atoms. The van der Waals surface area contributed by atoms with Gasteiger partial charge in [-0.25, -0.2) is 0 Å². The zero-order chi connectivity index (χ0) is 25.6. The second-order valence-electron chi connectivity index (χ2n) is 11.2. The SMILES string of the molecule is CC(C)c1ccc([C@](O)(c2cncc(-c3nc(CC4(O)CCOCC4)no3)c2)C2(C)CN(C)C2)cc1. The molecule has 0 aliphatic carbocycles. The van der Waals surface area contributed by atoms with Crippen LogP contribution in [0, 0.1) is 5.41 Å². The first-order valence-electron chi connectivity index (χ1n) is 12.7. The Morgan fingerprint density at radius 3 is 2.42 bits per heavy atom. The standard InChI is InChI=1S/C28H36N4O4/c1-19(2)20-5-7-22(8-6-20)28(34,26(3)17-32(4)18-26)23-13-21(15-29-16-23)25-30-24(31-36-25)14-27(33)9-11-35-12-10-27/h5-8,13,15-16,19,33-34H,9-12,14,17-18H2,1-4H3/t28-/m0/s1. The van der Waals surface area contributed by atoms with Gasteiger partial charge in [0.25, 0.3) is 5.89 Å². The number of nitrogens with zero attached hydrogens (tertiary/aromatic N) is 4. The molecule has 2 aromatic heterocycles. The topological polar surface area (TPSA) is 105 Å². The predicted octanol–water partition coefficient (Wildman–Crippen LogP) is 3.53. The molecule has 1 aromatic carbocycles. The molecule has 5 rings (SSSR count). The number of aromatic nitrogens is 3. The zero-order valence-corrected chi connectivity index (χ0v) is 21.6. The summed E-state index contributed by atoms with van der Waals surface area (Å²) in [6.07, 6.45) is 4.80. The fraction of sp³-hybridized carbons (Fsp3) is 0.536. The Morgan fingerprint density at radius 2 is 1.78 bits per heavy atom. The van der Waals surface area contributed by atoms with Crippen LogP contribution in [-0.2, 0) is 16.8 Å². The summed E-state index contributed by atoms with van der Waals surface area (Å²) in [6.45, 7) is 9.01. The van der Waals surface area contributed by atoms with E-state index in [1.807, 2.05) is 18.2 Å². The molecule has 4 heterocycles. The predicted molar refractivity (Wildman–Crippen MR) is 135 cm³/mol. The summed E-state index contributed by atoms with van der Waals surface area (Å²) in [6, 6.07) is 10.2. The number of likely N-dealkylation sites (tertiary alicyclic amines) is 1. The van der Waals surface area contributed by atoms with Crippen molar-refractivity contribution in [3.05, 3.63) is 65.2 Å². The number of pyridine rings is 1. The summed E-state index contributed by atoms with van der Waals surface area (Å²) in [5.74, 6) is 1.18. The average molecular weight is 493 g/mol. The summed E-state index contributed by atoms with van der Waals surface area (Å²) in [7, 11) is 2.06. The van der Waals surface area contributed by atoms with E-state index in [4.69, 9.17) is 9.26 Å². The minimum Gasteiger partial charge on any atom is -0.389 e. The second kappa shape index (κ2) is 9.34. The molecule has 1 atom stereocenters. The molecule has 8 heteroatoms. The van der Waals surface area contributed by atoms with Crippen molar-refractivity contribution in [1.29, 1.82) is 0 Å². The monoisotopic (exact) mass is 492 g/mol. The summed E-state index contributed by atoms with van der Waals surface area (Å²) in [5, 5.41) is 27.4. The van der Waals surface area contributed by atoms with Crippen molar-refractivity contribution in [2.24, 2.45) is 5.41 Å². The van der Waals surface area contributed by atoms with Gasteiger partial charge in [-0.1, -0.05) is 50.2 Å². The minimum absolute atomic E-state index is 0.309. The molecule has 3 aromatic rings. The highest BCUT2D eigenvalue weighted by atomic mass is 16.5. The number of hydrogen-bond acceptors (Lipinski definition) is 8. The van der Waals surface area contributed by atoms with E-state index in [1.165, 1.54) is 5.56 Å². The highest BCUT2D eigenvalue weighted by molar-refractivity contribution is 5.55. The molecule has 0 saturated carbocycles. The summed E-state index contributed by atoms with van der Waals surface area (Å²) >= 11 is 0. The number of aliphatic hydroxyl groups is 2. The molecule has 2 saturated heterocycles. The van der Waals surface area contributed by atoms with Crippen molar-refractivity contribution in [1.82, 2.24) is 20.0 Å². The number of hydrogen-bond donors (Lipinski definition) is 2. The fourth-order valence-corrected chi connectivity index (χ4v) is 5.77. The lowest BCUT2D eigenvalue weighted by Crippen LogP contribution is -2.63. The van der Waals surface area contributed by atoms with Crippen molar-refractivity contribution in [3.63, 3.8) is 0 Å². The highest BCUT2D eigenvalue weighted by Crippen LogP contribution is 2.50. The second-order valence-corrected chi connectivity index (χ2v) is 11.2. The van der Waals surface area contributed by atoms with Gasteiger partial charge in [0, 0.05) is 68.9 Å². The van der Waals surface area contributed by atoms with E-state index in [0.717, 1.165) is 18.7 Å². The van der Waals surface area contributed by atoms with Crippen molar-refractivity contribution < 1.29 is 19.5 Å². The summed E-state index contributed by atoms with van der Waals surface area (Å²) < 4.78 is 10.9. The highest BCUT2D eigenvalue weighted by Gasteiger charge is 2.55. The molecular formula is C28H36N4O4. The Kier molecular flexibility index (Phi) is 6.49. The van der Waals surface area contributed by atoms with Crippen LogP contribution in [0.2, 0.25) is 0 Å². The van der Waals surface area contributed by atoms with Gasteiger partial charge in [-0.05, 0) is 30.2 Å². The van der Waals surface area contributed by atoms with Gasteiger partial charge in [-0.3, -0.25) is 4.98 Å². The van der Waals surface area contributed by atoms with Crippen LogP contribution in [0.1, 0.15) is 62.0 Å². The maximum atomic E-state index is 12.4. The lowest BCUT2D eigenvalue weighted by atomic mass is 9.62. The summed E-state index contributed by atoms with van der Waals surface area (Å²) in [5.41, 5.74) is 0.871. The van der Waals surface area contributed by atoms with Crippen LogP contribution < -0.4 is 0 Å². The molecule has 0 unspecified atom stereocenters. The lowest BCUT2D eigenvalue weighted by molar-refractivity contribution is -0.127. The van der Waals surface area contributed by atoms with Gasteiger partial charge in [-0.15, -0.1) is 0 Å². The van der Waals surface area contributed by atoms with Crippen LogP contribution in [0.15, 0.2) is 47.2 Å². The van der Waals surface area contributed by atoms with Crippen molar-refractivity contribution in [2.75, 3.05) is 33.4 Å². The molecule has 192 valence electrons. The molecule has 2 N–H and O–H groups in total. The first-order valence-corrected chi connectivity index (χ1v) is 12.7. The maximum Gasteiger partial charge on any atom is 0.259 e. The Bertz CT molecular complexity index is 1200. The van der Waals surface area contributed by atoms with Crippen molar-refractivity contribution >= 4 is 0 Å². The molecule has 2 aliphatic rings. The normalized spacial score (nSPS) is 21.2. The molecule has 0 bridgehead atoms. The third-order valence-electron chi connectivity index (χ3n) is 7.89. The molecule has 0 radical (unpaired) electrons. The van der Waals surface area contributed by atoms with Gasteiger partial charge < -0.3 is 24.4 Å². The van der Waals surface area contributed by atoms with E-state index in [-0.39, 0.29) is 0 Å². The van der Waals surface area contributed by atoms with Gasteiger partial charge in [0.05, 0.1) is 11.2 Å². The van der Waals surface area contributed by atoms with E-state index < -0.39 is 16.6 Å². The first-order chi connectivity index (χ1) is 17.1. The third kappa shape index (κ3) is 4.47. The number of benzene rings is 1. The van der Waals surface area contributed by atoms with Crippen LogP contribution >= 0.6 is 0 Å². The Hall–Kier alpha value is -2.65. The molecule has 0 amide bonds. The Morgan fingerprint density at radius 1 is 1.08 bits per heavy atom. The van der Waals surface area contributed by atoms with Crippen molar-refractivity contribution in [2.45, 2.75) is 57.2 Å². The van der Waals surface area contributed by atoms with Gasteiger partial charge in [0.15, 0.2) is 5.82 Å². The van der Waals surface area contributed by atoms with Gasteiger partial charge >= 0.3 is 0 Å². The Labute approximate surface area is 212 Å². The zero-order valence-electron chi connectivity index (χ0n) is 21.6. The maximum absolute atomic E-state index is 12.4. The van der Waals surface area contributed by atoms with Gasteiger partial charge in [0.2, 0.25) is 0 Å². The van der Waals surface area contributed by atoms with Crippen LogP contribution in [0.3, 0.4) is 0 Å². The smallest absolute Gasteiger partial charge is 0.259 e. The van der Waals surface area contributed by atoms with Crippen LogP contribution in [0.4, 0.5) is 0 Å². The molecule has 0 spiro atoms. The van der Waals surface area contributed by atoms with E-state index in [0.29, 0.717) is 61.2 Å². The number of ether oxygens (including phenoxy) is 1. The largest absolute Gasteiger partial charge is 0.389 e. The van der Waals surface area contributed by atoms with E-state index in [2.05, 4.69) is 60.0 Å². The molecule has 2 fully saturated rings. The molecule has 2 aliphatic heterocycles. The fourth-order valence-electron chi connectivity index (χ4n) is 5.77. The van der Waals surface area contributed by atoms with Crippen LogP contribution in [0.5, 0.6) is 0 Å². The number of rotatable bonds is 7. The van der Waals surface area contributed by atoms with Gasteiger partial charge in [-0.2, -0.15) is 4.98 Å². The van der Waals surface area contributed by atoms with Crippen LogP contribution in [0.25, 0.3) is 11.5 Å². The Balaban J connectivity index is 1.48. The van der Waals surface area contributed by atoms with E-state index >= 15 is 0 Å². The van der Waals surface area contributed by atoms with Crippen molar-refractivity contribution in [3.8, 4) is 11.5 Å². The quantitative estimate of drug-likeness (QED) is 0.516. The van der Waals surface area contributed by atoms with E-state index in [9.17, 15) is 10.2 Å². The lowest BCUT2D eigenvalue weighted by Gasteiger charge is -2.55. The molecule has 8 nitrogen and oxygen atoms in total. The molecular weight excluding hydrogens is 456 g/mol. The summed E-state index contributed by atoms with van der Waals surface area (Å²) in [4.78, 5) is 11.2. The first kappa shape index (κ1) is 25.0. The third-order valence-corrected chi connectivity index (χ3v) is 7.89. The average Bonchev–Trinajstić information content (AvgIpc) is 3.31.